The van der Waals surface area contributed by atoms with Gasteiger partial charge in [-0.25, -0.2) is 9.67 Å². The van der Waals surface area contributed by atoms with Crippen LogP contribution >= 0.6 is 0 Å². The Labute approximate surface area is 172 Å². The van der Waals surface area contributed by atoms with Crippen LogP contribution in [0, 0.1) is 13.8 Å². The third kappa shape index (κ3) is 3.66. The molecule has 0 spiro atoms. The lowest BCUT2D eigenvalue weighted by Gasteiger charge is -2.21. The van der Waals surface area contributed by atoms with Crippen LogP contribution in [-0.2, 0) is 12.1 Å². The maximum absolute atomic E-state index is 13.5. The maximum atomic E-state index is 13.5. The summed E-state index contributed by atoms with van der Waals surface area (Å²) in [5.74, 6) is 0.496. The first-order valence-electron chi connectivity index (χ1n) is 10.4. The van der Waals surface area contributed by atoms with Crippen LogP contribution in [0.5, 0.6) is 0 Å². The van der Waals surface area contributed by atoms with Crippen molar-refractivity contribution in [2.45, 2.75) is 65.5 Å². The lowest BCUT2D eigenvalue weighted by molar-refractivity contribution is 0.0786. The number of pyridine rings is 1. The van der Waals surface area contributed by atoms with E-state index in [2.05, 4.69) is 39.8 Å². The average molecular weight is 391 g/mol. The number of amides is 1. The molecular formula is C24H30N4O. The molecule has 1 aromatic carbocycles. The summed E-state index contributed by atoms with van der Waals surface area (Å²) in [5.41, 5.74) is 5.59. The van der Waals surface area contributed by atoms with Crippen LogP contribution in [0.25, 0.3) is 11.0 Å². The molecule has 5 nitrogen and oxygen atoms in total. The van der Waals surface area contributed by atoms with Crippen LogP contribution in [-0.4, -0.2) is 32.6 Å². The molecule has 0 N–H and O–H groups in total. The molecule has 3 aromatic rings. The third-order valence-electron chi connectivity index (χ3n) is 5.71. The first-order chi connectivity index (χ1) is 13.7. The Morgan fingerprint density at radius 1 is 1.21 bits per heavy atom. The molecule has 1 aliphatic rings. The first-order valence-corrected chi connectivity index (χ1v) is 10.4. The minimum Gasteiger partial charge on any atom is -0.337 e. The molecule has 1 saturated carbocycles. The number of rotatable bonds is 4. The second kappa shape index (κ2) is 6.97. The molecule has 0 bridgehead atoms. The fourth-order valence-corrected chi connectivity index (χ4v) is 3.85. The summed E-state index contributed by atoms with van der Waals surface area (Å²) in [6, 6.07) is 10.2. The minimum atomic E-state index is -0.199. The van der Waals surface area contributed by atoms with Crippen LogP contribution in [0.2, 0.25) is 0 Å². The van der Waals surface area contributed by atoms with Crippen molar-refractivity contribution in [2.24, 2.45) is 0 Å². The smallest absolute Gasteiger partial charge is 0.254 e. The molecule has 0 aliphatic heterocycles. The number of aryl methyl sites for hydroxylation is 2. The summed E-state index contributed by atoms with van der Waals surface area (Å²) in [4.78, 5) is 20.3. The van der Waals surface area contributed by atoms with Crippen LogP contribution < -0.4 is 0 Å². The fourth-order valence-electron chi connectivity index (χ4n) is 3.85. The van der Waals surface area contributed by atoms with Gasteiger partial charge in [0.15, 0.2) is 5.65 Å². The molecule has 0 unspecified atom stereocenters. The molecule has 2 aromatic heterocycles. The van der Waals surface area contributed by atoms with E-state index < -0.39 is 0 Å². The largest absolute Gasteiger partial charge is 0.337 e. The van der Waals surface area contributed by atoms with Gasteiger partial charge in [-0.05, 0) is 64.7 Å². The lowest BCUT2D eigenvalue weighted by Crippen LogP contribution is -2.27. The Morgan fingerprint density at radius 2 is 1.90 bits per heavy atom. The Kier molecular flexibility index (Phi) is 4.72. The molecule has 2 heterocycles. The monoisotopic (exact) mass is 390 g/mol. The van der Waals surface area contributed by atoms with Gasteiger partial charge in [-0.15, -0.1) is 0 Å². The maximum Gasteiger partial charge on any atom is 0.254 e. The van der Waals surface area contributed by atoms with Gasteiger partial charge in [0.25, 0.3) is 5.91 Å². The van der Waals surface area contributed by atoms with E-state index in [4.69, 9.17) is 10.1 Å². The lowest BCUT2D eigenvalue weighted by atomic mass is 10.0. The average Bonchev–Trinajstić information content (AvgIpc) is 3.45. The zero-order valence-corrected chi connectivity index (χ0v) is 18.3. The number of nitrogens with zero attached hydrogens (tertiary/aromatic N) is 4. The predicted molar refractivity (Wildman–Crippen MR) is 116 cm³/mol. The second-order valence-corrected chi connectivity index (χ2v) is 9.32. The van der Waals surface area contributed by atoms with E-state index in [0.717, 1.165) is 46.4 Å². The van der Waals surface area contributed by atoms with Crippen molar-refractivity contribution in [1.82, 2.24) is 19.7 Å². The third-order valence-corrected chi connectivity index (χ3v) is 5.71. The van der Waals surface area contributed by atoms with Gasteiger partial charge in [0.05, 0.1) is 22.2 Å². The SMILES string of the molecule is Cc1ccccc1CN(C)C(=O)c1cc(C2CC2)nc2c1c(C)nn2C(C)(C)C. The number of hydrogen-bond donors (Lipinski definition) is 0. The zero-order valence-electron chi connectivity index (χ0n) is 18.3. The van der Waals surface area contributed by atoms with E-state index in [1.807, 2.05) is 41.8 Å². The summed E-state index contributed by atoms with van der Waals surface area (Å²) >= 11 is 0. The minimum absolute atomic E-state index is 0.0270. The molecule has 1 amide bonds. The number of carbonyl (C=O) groups is 1. The van der Waals surface area contributed by atoms with Crippen LogP contribution in [0.3, 0.4) is 0 Å². The van der Waals surface area contributed by atoms with E-state index in [1.165, 1.54) is 5.56 Å². The quantitative estimate of drug-likeness (QED) is 0.633. The summed E-state index contributed by atoms with van der Waals surface area (Å²) < 4.78 is 1.97. The summed E-state index contributed by atoms with van der Waals surface area (Å²) in [6.45, 7) is 11.0. The molecule has 1 fully saturated rings. The number of carbonyl (C=O) groups excluding carboxylic acids is 1. The highest BCUT2D eigenvalue weighted by Crippen LogP contribution is 2.41. The fraction of sp³-hybridized carbons (Fsp3) is 0.458. The van der Waals surface area contributed by atoms with Crippen molar-refractivity contribution in [3.63, 3.8) is 0 Å². The molecule has 152 valence electrons. The van der Waals surface area contributed by atoms with Crippen molar-refractivity contribution in [2.75, 3.05) is 7.05 Å². The van der Waals surface area contributed by atoms with E-state index in [-0.39, 0.29) is 11.4 Å². The Balaban J connectivity index is 1.80. The van der Waals surface area contributed by atoms with Gasteiger partial charge >= 0.3 is 0 Å². The van der Waals surface area contributed by atoms with Crippen molar-refractivity contribution < 1.29 is 4.79 Å². The van der Waals surface area contributed by atoms with Gasteiger partial charge in [-0.1, -0.05) is 24.3 Å². The molecule has 4 rings (SSSR count). The number of hydrogen-bond acceptors (Lipinski definition) is 3. The number of fused-ring (bicyclic) bond motifs is 1. The Morgan fingerprint density at radius 3 is 2.52 bits per heavy atom. The van der Waals surface area contributed by atoms with Crippen molar-refractivity contribution >= 4 is 16.9 Å². The molecular weight excluding hydrogens is 360 g/mol. The second-order valence-electron chi connectivity index (χ2n) is 9.32. The molecule has 0 radical (unpaired) electrons. The van der Waals surface area contributed by atoms with Gasteiger partial charge in [0, 0.05) is 25.2 Å². The Hall–Kier alpha value is -2.69. The highest BCUT2D eigenvalue weighted by atomic mass is 16.2. The Bertz CT molecular complexity index is 1090. The number of benzene rings is 1. The number of aromatic nitrogens is 3. The van der Waals surface area contributed by atoms with Gasteiger partial charge < -0.3 is 4.90 Å². The normalized spacial score (nSPS) is 14.4. The first kappa shape index (κ1) is 19.6. The summed E-state index contributed by atoms with van der Waals surface area (Å²) in [7, 11) is 1.88. The van der Waals surface area contributed by atoms with Gasteiger partial charge in [0.2, 0.25) is 0 Å². The van der Waals surface area contributed by atoms with E-state index in [1.54, 1.807) is 0 Å². The van der Waals surface area contributed by atoms with Gasteiger partial charge in [-0.3, -0.25) is 4.79 Å². The molecule has 29 heavy (non-hydrogen) atoms. The zero-order chi connectivity index (χ0) is 20.9. The van der Waals surface area contributed by atoms with E-state index >= 15 is 0 Å². The summed E-state index contributed by atoms with van der Waals surface area (Å²) in [5, 5.41) is 5.65. The predicted octanol–water partition coefficient (Wildman–Crippen LogP) is 4.95. The van der Waals surface area contributed by atoms with Crippen LogP contribution in [0.4, 0.5) is 0 Å². The van der Waals surface area contributed by atoms with E-state index in [0.29, 0.717) is 12.5 Å². The highest BCUT2D eigenvalue weighted by Gasteiger charge is 2.31. The molecule has 1 aliphatic carbocycles. The van der Waals surface area contributed by atoms with E-state index in [9.17, 15) is 4.79 Å². The standard InChI is InChI=1S/C24H30N4O/c1-15-9-7-8-10-18(15)14-27(6)23(29)19-13-20(17-11-12-17)25-22-21(19)16(2)26-28(22)24(3,4)5/h7-10,13,17H,11-12,14H2,1-6H3. The topological polar surface area (TPSA) is 51.0 Å². The van der Waals surface area contributed by atoms with Crippen molar-refractivity contribution in [3.05, 3.63) is 58.4 Å². The molecule has 5 heteroatoms. The summed E-state index contributed by atoms with van der Waals surface area (Å²) in [6.07, 6.45) is 2.29. The van der Waals surface area contributed by atoms with Gasteiger partial charge in [0.1, 0.15) is 0 Å². The van der Waals surface area contributed by atoms with Crippen molar-refractivity contribution in [3.8, 4) is 0 Å². The highest BCUT2D eigenvalue weighted by molar-refractivity contribution is 6.06. The molecule has 0 atom stereocenters. The van der Waals surface area contributed by atoms with Crippen molar-refractivity contribution in [1.29, 1.82) is 0 Å². The van der Waals surface area contributed by atoms with Crippen LogP contribution in [0.1, 0.15) is 72.4 Å². The van der Waals surface area contributed by atoms with Crippen LogP contribution in [0.15, 0.2) is 30.3 Å². The molecule has 0 saturated heterocycles. The van der Waals surface area contributed by atoms with Gasteiger partial charge in [-0.2, -0.15) is 5.10 Å².